The molecule has 82 valence electrons. The van der Waals surface area contributed by atoms with Gasteiger partial charge in [0.1, 0.15) is 0 Å². The van der Waals surface area contributed by atoms with Crippen LogP contribution >= 0.6 is 0 Å². The summed E-state index contributed by atoms with van der Waals surface area (Å²) in [6, 6.07) is 7.49. The SMILES string of the molecule is Cc1cccc(C(C)(O)CCC(=O)O)c1. The van der Waals surface area contributed by atoms with Crippen molar-refractivity contribution in [3.8, 4) is 0 Å². The Bertz CT molecular complexity index is 356. The zero-order chi connectivity index (χ0) is 11.5. The maximum atomic E-state index is 10.4. The predicted octanol–water partition coefficient (Wildman–Crippen LogP) is 2.07. The highest BCUT2D eigenvalue weighted by Gasteiger charge is 2.23. The number of aliphatic hydroxyl groups is 1. The molecule has 1 aromatic rings. The summed E-state index contributed by atoms with van der Waals surface area (Å²) in [6.45, 7) is 3.58. The quantitative estimate of drug-likeness (QED) is 0.796. The van der Waals surface area contributed by atoms with Crippen molar-refractivity contribution >= 4 is 5.97 Å². The van der Waals surface area contributed by atoms with Crippen molar-refractivity contribution in [3.05, 3.63) is 35.4 Å². The summed E-state index contributed by atoms with van der Waals surface area (Å²) < 4.78 is 0. The van der Waals surface area contributed by atoms with Crippen molar-refractivity contribution in [1.29, 1.82) is 0 Å². The molecule has 15 heavy (non-hydrogen) atoms. The lowest BCUT2D eigenvalue weighted by Gasteiger charge is -2.23. The molecule has 0 aromatic heterocycles. The van der Waals surface area contributed by atoms with E-state index in [9.17, 15) is 9.90 Å². The van der Waals surface area contributed by atoms with Crippen LogP contribution in [0, 0.1) is 6.92 Å². The average Bonchev–Trinajstić information content (AvgIpc) is 2.15. The molecule has 1 rings (SSSR count). The van der Waals surface area contributed by atoms with Crippen LogP contribution in [0.4, 0.5) is 0 Å². The number of benzene rings is 1. The highest BCUT2D eigenvalue weighted by molar-refractivity contribution is 5.66. The molecule has 0 fully saturated rings. The molecule has 0 aliphatic carbocycles. The summed E-state index contributed by atoms with van der Waals surface area (Å²) in [5.41, 5.74) is 0.761. The van der Waals surface area contributed by atoms with Crippen molar-refractivity contribution in [1.82, 2.24) is 0 Å². The van der Waals surface area contributed by atoms with E-state index in [4.69, 9.17) is 5.11 Å². The Morgan fingerprint density at radius 2 is 2.13 bits per heavy atom. The van der Waals surface area contributed by atoms with Gasteiger partial charge in [-0.2, -0.15) is 0 Å². The normalized spacial score (nSPS) is 14.6. The molecule has 0 amide bonds. The molecule has 0 heterocycles. The maximum Gasteiger partial charge on any atom is 0.303 e. The van der Waals surface area contributed by atoms with Gasteiger partial charge in [-0.3, -0.25) is 4.79 Å². The third-order valence-electron chi connectivity index (χ3n) is 2.47. The van der Waals surface area contributed by atoms with E-state index in [1.165, 1.54) is 0 Å². The van der Waals surface area contributed by atoms with E-state index in [0.717, 1.165) is 11.1 Å². The number of carboxylic acids is 1. The molecule has 0 saturated carbocycles. The summed E-state index contributed by atoms with van der Waals surface area (Å²) >= 11 is 0. The molecule has 1 unspecified atom stereocenters. The van der Waals surface area contributed by atoms with Gasteiger partial charge >= 0.3 is 5.97 Å². The Kier molecular flexibility index (Phi) is 3.48. The minimum absolute atomic E-state index is 0.0268. The number of aliphatic carboxylic acids is 1. The molecule has 0 bridgehead atoms. The van der Waals surface area contributed by atoms with E-state index < -0.39 is 11.6 Å². The molecule has 0 aliphatic heterocycles. The topological polar surface area (TPSA) is 57.5 Å². The van der Waals surface area contributed by atoms with Crippen molar-refractivity contribution in [2.45, 2.75) is 32.3 Å². The Balaban J connectivity index is 2.80. The monoisotopic (exact) mass is 208 g/mol. The minimum Gasteiger partial charge on any atom is -0.481 e. The van der Waals surface area contributed by atoms with Crippen molar-refractivity contribution in [3.63, 3.8) is 0 Å². The number of rotatable bonds is 4. The summed E-state index contributed by atoms with van der Waals surface area (Å²) in [5, 5.41) is 18.7. The summed E-state index contributed by atoms with van der Waals surface area (Å²) in [7, 11) is 0. The standard InChI is InChI=1S/C12H16O3/c1-9-4-3-5-10(8-9)12(2,15)7-6-11(13)14/h3-5,8,15H,6-7H2,1-2H3,(H,13,14). The molecular weight excluding hydrogens is 192 g/mol. The van der Waals surface area contributed by atoms with Crippen LogP contribution in [0.2, 0.25) is 0 Å². The van der Waals surface area contributed by atoms with Crippen LogP contribution in [0.15, 0.2) is 24.3 Å². The average molecular weight is 208 g/mol. The smallest absolute Gasteiger partial charge is 0.303 e. The van der Waals surface area contributed by atoms with Gasteiger partial charge < -0.3 is 10.2 Å². The number of aryl methyl sites for hydroxylation is 1. The molecule has 0 spiro atoms. The van der Waals surface area contributed by atoms with E-state index in [0.29, 0.717) is 0 Å². The van der Waals surface area contributed by atoms with Gasteiger partial charge in [-0.25, -0.2) is 0 Å². The summed E-state index contributed by atoms with van der Waals surface area (Å²) in [5.74, 6) is -0.886. The van der Waals surface area contributed by atoms with Gasteiger partial charge in [0.05, 0.1) is 5.60 Å². The highest BCUT2D eigenvalue weighted by Crippen LogP contribution is 2.26. The fourth-order valence-electron chi connectivity index (χ4n) is 1.47. The van der Waals surface area contributed by atoms with E-state index in [2.05, 4.69) is 0 Å². The fourth-order valence-corrected chi connectivity index (χ4v) is 1.47. The van der Waals surface area contributed by atoms with Crippen LogP contribution in [0.25, 0.3) is 0 Å². The van der Waals surface area contributed by atoms with Gasteiger partial charge in [0.2, 0.25) is 0 Å². The second kappa shape index (κ2) is 4.45. The first-order valence-corrected chi connectivity index (χ1v) is 4.93. The molecule has 0 aliphatic rings. The number of hydrogen-bond acceptors (Lipinski definition) is 2. The maximum absolute atomic E-state index is 10.4. The van der Waals surface area contributed by atoms with Gasteiger partial charge in [-0.1, -0.05) is 29.8 Å². The van der Waals surface area contributed by atoms with E-state index in [1.54, 1.807) is 6.92 Å². The summed E-state index contributed by atoms with van der Waals surface area (Å²) in [6.07, 6.45) is 0.201. The van der Waals surface area contributed by atoms with E-state index >= 15 is 0 Å². The third-order valence-corrected chi connectivity index (χ3v) is 2.47. The second-order valence-electron chi connectivity index (χ2n) is 4.04. The van der Waals surface area contributed by atoms with Gasteiger partial charge in [0.25, 0.3) is 0 Å². The predicted molar refractivity (Wildman–Crippen MR) is 57.6 cm³/mol. The van der Waals surface area contributed by atoms with Crippen LogP contribution < -0.4 is 0 Å². The largest absolute Gasteiger partial charge is 0.481 e. The van der Waals surface area contributed by atoms with Crippen LogP contribution in [0.3, 0.4) is 0 Å². The molecule has 0 saturated heterocycles. The Hall–Kier alpha value is -1.35. The number of hydrogen-bond donors (Lipinski definition) is 2. The molecule has 2 N–H and O–H groups in total. The lowest BCUT2D eigenvalue weighted by molar-refractivity contribution is -0.138. The first-order chi connectivity index (χ1) is 6.92. The zero-order valence-corrected chi connectivity index (χ0v) is 9.03. The van der Waals surface area contributed by atoms with Crippen molar-refractivity contribution in [2.75, 3.05) is 0 Å². The van der Waals surface area contributed by atoms with Crippen LogP contribution in [-0.2, 0) is 10.4 Å². The van der Waals surface area contributed by atoms with Crippen LogP contribution in [0.5, 0.6) is 0 Å². The fraction of sp³-hybridized carbons (Fsp3) is 0.417. The minimum atomic E-state index is -1.07. The van der Waals surface area contributed by atoms with Gasteiger partial charge in [0, 0.05) is 6.42 Å². The van der Waals surface area contributed by atoms with E-state index in [1.807, 2.05) is 31.2 Å². The van der Waals surface area contributed by atoms with Gasteiger partial charge in [-0.05, 0) is 25.8 Å². The zero-order valence-electron chi connectivity index (χ0n) is 9.03. The van der Waals surface area contributed by atoms with Gasteiger partial charge in [-0.15, -0.1) is 0 Å². The Labute approximate surface area is 89.4 Å². The van der Waals surface area contributed by atoms with Gasteiger partial charge in [0.15, 0.2) is 0 Å². The molecular formula is C12H16O3. The number of carboxylic acid groups (broad SMARTS) is 1. The molecule has 1 aromatic carbocycles. The lowest BCUT2D eigenvalue weighted by atomic mass is 9.90. The summed E-state index contributed by atoms with van der Waals surface area (Å²) in [4.78, 5) is 10.4. The Morgan fingerprint density at radius 3 is 2.67 bits per heavy atom. The van der Waals surface area contributed by atoms with Crippen LogP contribution in [-0.4, -0.2) is 16.2 Å². The molecule has 3 heteroatoms. The van der Waals surface area contributed by atoms with Crippen molar-refractivity contribution in [2.24, 2.45) is 0 Å². The second-order valence-corrected chi connectivity index (χ2v) is 4.04. The highest BCUT2D eigenvalue weighted by atomic mass is 16.4. The molecule has 1 atom stereocenters. The van der Waals surface area contributed by atoms with Crippen molar-refractivity contribution < 1.29 is 15.0 Å². The van der Waals surface area contributed by atoms with Crippen LogP contribution in [0.1, 0.15) is 30.9 Å². The lowest BCUT2D eigenvalue weighted by Crippen LogP contribution is -2.22. The first kappa shape index (κ1) is 11.7. The third kappa shape index (κ3) is 3.36. The molecule has 3 nitrogen and oxygen atoms in total. The number of carbonyl (C=O) groups is 1. The van der Waals surface area contributed by atoms with E-state index in [-0.39, 0.29) is 12.8 Å². The first-order valence-electron chi connectivity index (χ1n) is 4.93. The Morgan fingerprint density at radius 1 is 1.47 bits per heavy atom. The molecule has 0 radical (unpaired) electrons.